The van der Waals surface area contributed by atoms with Crippen LogP contribution in [0.3, 0.4) is 0 Å². The maximum Gasteiger partial charge on any atom is 0.259 e. The van der Waals surface area contributed by atoms with E-state index in [4.69, 9.17) is 16.3 Å². The number of carbonyl (C=O) groups excluding carboxylic acids is 1. The van der Waals surface area contributed by atoms with E-state index in [0.29, 0.717) is 24.4 Å². The van der Waals surface area contributed by atoms with E-state index in [9.17, 15) is 13.2 Å². The average molecular weight is 381 g/mol. The summed E-state index contributed by atoms with van der Waals surface area (Å²) < 4.78 is 32.4. The van der Waals surface area contributed by atoms with E-state index in [-0.39, 0.29) is 21.2 Å². The number of rotatable bonds is 4. The molecule has 0 aromatic heterocycles. The van der Waals surface area contributed by atoms with Gasteiger partial charge in [0.05, 0.1) is 16.3 Å². The molecular weight excluding hydrogens is 364 g/mol. The van der Waals surface area contributed by atoms with Gasteiger partial charge in [0.25, 0.3) is 5.91 Å². The molecule has 2 aromatic rings. The number of nitrogens with zero attached hydrogens (tertiary/aromatic N) is 1. The van der Waals surface area contributed by atoms with Crippen molar-refractivity contribution in [3.8, 4) is 11.5 Å². The summed E-state index contributed by atoms with van der Waals surface area (Å²) in [7, 11) is -2.32. The van der Waals surface area contributed by atoms with Gasteiger partial charge in [0.2, 0.25) is 10.0 Å². The third kappa shape index (κ3) is 3.22. The second-order valence-electron chi connectivity index (χ2n) is 5.66. The first kappa shape index (κ1) is 17.7. The molecule has 1 aliphatic rings. The fraction of sp³-hybridized carbons (Fsp3) is 0.235. The lowest BCUT2D eigenvalue weighted by atomic mass is 10.2. The van der Waals surface area contributed by atoms with Gasteiger partial charge in [-0.1, -0.05) is 30.7 Å². The van der Waals surface area contributed by atoms with Crippen molar-refractivity contribution >= 4 is 33.2 Å². The summed E-state index contributed by atoms with van der Waals surface area (Å²) in [6, 6.07) is 9.58. The molecule has 2 aromatic carbocycles. The van der Waals surface area contributed by atoms with Crippen LogP contribution in [0.4, 0.5) is 5.69 Å². The summed E-state index contributed by atoms with van der Waals surface area (Å²) in [6.45, 7) is 2.23. The molecule has 0 aliphatic carbocycles. The van der Waals surface area contributed by atoms with E-state index in [2.05, 4.69) is 5.32 Å². The molecule has 132 valence electrons. The van der Waals surface area contributed by atoms with Gasteiger partial charge in [0.15, 0.2) is 5.75 Å². The fourth-order valence-corrected chi connectivity index (χ4v) is 4.34. The van der Waals surface area contributed by atoms with Crippen LogP contribution in [-0.2, 0) is 10.0 Å². The van der Waals surface area contributed by atoms with E-state index < -0.39 is 15.9 Å². The zero-order valence-electron chi connectivity index (χ0n) is 13.7. The zero-order chi connectivity index (χ0) is 18.2. The number of halogens is 1. The van der Waals surface area contributed by atoms with E-state index in [0.717, 1.165) is 0 Å². The van der Waals surface area contributed by atoms with Crippen LogP contribution in [0.15, 0.2) is 41.3 Å². The molecule has 8 heteroatoms. The summed E-state index contributed by atoms with van der Waals surface area (Å²) >= 11 is 6.20. The van der Waals surface area contributed by atoms with Crippen molar-refractivity contribution in [2.45, 2.75) is 18.2 Å². The molecule has 1 heterocycles. The number of para-hydroxylation sites is 2. The number of amides is 1. The highest BCUT2D eigenvalue weighted by atomic mass is 35.5. The Labute approximate surface area is 151 Å². The van der Waals surface area contributed by atoms with Gasteiger partial charge in [-0.05, 0) is 24.6 Å². The van der Waals surface area contributed by atoms with E-state index in [1.54, 1.807) is 24.3 Å². The van der Waals surface area contributed by atoms with Crippen molar-refractivity contribution in [2.24, 2.45) is 0 Å². The lowest BCUT2D eigenvalue weighted by molar-refractivity contribution is 0.102. The molecular formula is C17H17ClN2O4S. The van der Waals surface area contributed by atoms with Crippen LogP contribution in [0.1, 0.15) is 23.7 Å². The van der Waals surface area contributed by atoms with Crippen LogP contribution >= 0.6 is 11.6 Å². The lowest BCUT2D eigenvalue weighted by Gasteiger charge is -2.18. The Hall–Kier alpha value is -2.09. The minimum absolute atomic E-state index is 0.00823. The molecule has 1 amide bonds. The first-order chi connectivity index (χ1) is 11.8. The molecule has 0 fully saturated rings. The Morgan fingerprint density at radius 3 is 2.64 bits per heavy atom. The van der Waals surface area contributed by atoms with Gasteiger partial charge in [-0.2, -0.15) is 0 Å². The van der Waals surface area contributed by atoms with E-state index in [1.807, 2.05) is 6.92 Å². The molecule has 6 nitrogen and oxygen atoms in total. The maximum atomic E-state index is 12.7. The molecule has 0 atom stereocenters. The molecule has 0 bridgehead atoms. The van der Waals surface area contributed by atoms with Crippen LogP contribution < -0.4 is 10.1 Å². The monoisotopic (exact) mass is 380 g/mol. The van der Waals surface area contributed by atoms with Gasteiger partial charge in [-0.3, -0.25) is 4.79 Å². The zero-order valence-corrected chi connectivity index (χ0v) is 15.3. The number of benzene rings is 2. The Kier molecular flexibility index (Phi) is 4.73. The summed E-state index contributed by atoms with van der Waals surface area (Å²) in [5.74, 6) is 0.222. The number of sulfonamides is 1. The molecule has 1 aliphatic heterocycles. The van der Waals surface area contributed by atoms with E-state index in [1.165, 1.54) is 23.5 Å². The number of nitrogens with one attached hydrogen (secondary N) is 1. The van der Waals surface area contributed by atoms with Crippen LogP contribution in [0.2, 0.25) is 5.02 Å². The largest absolute Gasteiger partial charge is 0.454 e. The summed E-state index contributed by atoms with van der Waals surface area (Å²) in [5.41, 5.74) is 0.622. The Balaban J connectivity index is 2.11. The molecule has 0 saturated heterocycles. The predicted molar refractivity (Wildman–Crippen MR) is 96.0 cm³/mol. The molecule has 25 heavy (non-hydrogen) atoms. The molecule has 1 N–H and O–H groups in total. The molecule has 3 rings (SSSR count). The molecule has 0 spiro atoms. The van der Waals surface area contributed by atoms with Crippen LogP contribution in [-0.4, -0.2) is 32.2 Å². The van der Waals surface area contributed by atoms with E-state index >= 15 is 0 Å². The minimum atomic E-state index is -3.80. The number of carbonyl (C=O) groups is 1. The first-order valence-corrected chi connectivity index (χ1v) is 9.54. The Morgan fingerprint density at radius 1 is 1.20 bits per heavy atom. The highest BCUT2D eigenvalue weighted by Crippen LogP contribution is 2.39. The lowest BCUT2D eigenvalue weighted by Crippen LogP contribution is -2.28. The SMILES string of the molecule is CCCN(C)S(=O)(=O)c1cc2c(cc1Cl)Oc1ccccc1NC2=O. The van der Waals surface area contributed by atoms with Gasteiger partial charge in [0.1, 0.15) is 10.6 Å². The quantitative estimate of drug-likeness (QED) is 0.876. The van der Waals surface area contributed by atoms with Gasteiger partial charge in [0, 0.05) is 19.7 Å². The molecule has 0 unspecified atom stereocenters. The summed E-state index contributed by atoms with van der Waals surface area (Å²) in [5, 5.41) is 2.72. The van der Waals surface area contributed by atoms with Crippen molar-refractivity contribution in [2.75, 3.05) is 18.9 Å². The predicted octanol–water partition coefficient (Wildman–Crippen LogP) is 3.73. The minimum Gasteiger partial charge on any atom is -0.454 e. The van der Waals surface area contributed by atoms with Gasteiger partial charge < -0.3 is 10.1 Å². The summed E-state index contributed by atoms with van der Waals surface area (Å²) in [4.78, 5) is 12.4. The number of hydrogen-bond acceptors (Lipinski definition) is 4. The highest BCUT2D eigenvalue weighted by Gasteiger charge is 2.28. The van der Waals surface area contributed by atoms with Crippen LogP contribution in [0, 0.1) is 0 Å². The van der Waals surface area contributed by atoms with Crippen molar-refractivity contribution < 1.29 is 17.9 Å². The molecule has 0 radical (unpaired) electrons. The number of ether oxygens (including phenoxy) is 1. The Bertz CT molecular complexity index is 944. The standard InChI is InChI=1S/C17H17ClN2O4S/c1-3-8-20(2)25(22,23)16-9-11-15(10-12(16)18)24-14-7-5-4-6-13(14)19-17(11)21/h4-7,9-10H,3,8H2,1-2H3,(H,19,21). The second-order valence-corrected chi connectivity index (χ2v) is 8.08. The summed E-state index contributed by atoms with van der Waals surface area (Å²) in [6.07, 6.45) is 0.664. The number of fused-ring (bicyclic) bond motifs is 2. The van der Waals surface area contributed by atoms with Crippen molar-refractivity contribution in [1.29, 1.82) is 0 Å². The fourth-order valence-electron chi connectivity index (χ4n) is 2.56. The number of anilines is 1. The third-order valence-corrected chi connectivity index (χ3v) is 6.18. The highest BCUT2D eigenvalue weighted by molar-refractivity contribution is 7.89. The van der Waals surface area contributed by atoms with Crippen molar-refractivity contribution in [3.63, 3.8) is 0 Å². The van der Waals surface area contributed by atoms with Gasteiger partial charge in [-0.15, -0.1) is 0 Å². The van der Waals surface area contributed by atoms with Crippen molar-refractivity contribution in [3.05, 3.63) is 47.0 Å². The third-order valence-electron chi connectivity index (χ3n) is 3.86. The number of hydrogen-bond donors (Lipinski definition) is 1. The smallest absolute Gasteiger partial charge is 0.259 e. The van der Waals surface area contributed by atoms with Crippen LogP contribution in [0.25, 0.3) is 0 Å². The Morgan fingerprint density at radius 2 is 1.92 bits per heavy atom. The van der Waals surface area contributed by atoms with Crippen LogP contribution in [0.5, 0.6) is 11.5 Å². The topological polar surface area (TPSA) is 75.7 Å². The normalized spacial score (nSPS) is 13.5. The maximum absolute atomic E-state index is 12.7. The van der Waals surface area contributed by atoms with Gasteiger partial charge >= 0.3 is 0 Å². The first-order valence-electron chi connectivity index (χ1n) is 7.72. The van der Waals surface area contributed by atoms with Crippen molar-refractivity contribution in [1.82, 2.24) is 4.31 Å². The average Bonchev–Trinajstić information content (AvgIpc) is 2.69. The second kappa shape index (κ2) is 6.67. The van der Waals surface area contributed by atoms with Gasteiger partial charge in [-0.25, -0.2) is 12.7 Å². The molecule has 0 saturated carbocycles.